The van der Waals surface area contributed by atoms with Crippen molar-refractivity contribution in [2.45, 2.75) is 154 Å². The lowest BCUT2D eigenvalue weighted by molar-refractivity contribution is -0.189. The molecule has 2 aliphatic rings. The summed E-state index contributed by atoms with van der Waals surface area (Å²) in [6, 6.07) is 19.3. The van der Waals surface area contributed by atoms with Crippen LogP contribution >= 0.6 is 0 Å². The van der Waals surface area contributed by atoms with Gasteiger partial charge >= 0.3 is 11.9 Å². The quantitative estimate of drug-likeness (QED) is 0.198. The van der Waals surface area contributed by atoms with Crippen LogP contribution < -0.4 is 0 Å². The number of aliphatic hydroxyl groups excluding tert-OH is 2. The van der Waals surface area contributed by atoms with Crippen LogP contribution in [0.5, 0.6) is 0 Å². The van der Waals surface area contributed by atoms with Crippen LogP contribution in [0.25, 0.3) is 0 Å². The third kappa shape index (κ3) is 9.32. The van der Waals surface area contributed by atoms with Crippen LogP contribution in [0.1, 0.15) is 106 Å². The molecule has 0 spiro atoms. The monoisotopic (exact) mass is 678 g/mol. The van der Waals surface area contributed by atoms with Gasteiger partial charge < -0.3 is 19.7 Å². The highest BCUT2D eigenvalue weighted by Gasteiger charge is 2.54. The number of carbonyl (C=O) groups excluding carboxylic acids is 2. The number of rotatable bonds is 12. The number of carbonyl (C=O) groups is 2. The molecule has 2 heterocycles. The van der Waals surface area contributed by atoms with Crippen LogP contribution in [0.2, 0.25) is 0 Å². The predicted molar refractivity (Wildman–Crippen MR) is 194 cm³/mol. The summed E-state index contributed by atoms with van der Waals surface area (Å²) in [5.41, 5.74) is -1.35. The Bertz CT molecular complexity index is 1260. The van der Waals surface area contributed by atoms with Gasteiger partial charge in [0.2, 0.25) is 0 Å². The summed E-state index contributed by atoms with van der Waals surface area (Å²) >= 11 is 0. The number of nitrogens with zero attached hydrogens (tertiary/aromatic N) is 2. The molecule has 49 heavy (non-hydrogen) atoms. The number of likely N-dealkylation sites (tertiary alicyclic amines) is 2. The molecule has 8 nitrogen and oxygen atoms in total. The van der Waals surface area contributed by atoms with E-state index in [-0.39, 0.29) is 35.0 Å². The molecule has 4 rings (SSSR count). The molecule has 2 saturated heterocycles. The Morgan fingerprint density at radius 3 is 1.18 bits per heavy atom. The van der Waals surface area contributed by atoms with Crippen molar-refractivity contribution in [1.82, 2.24) is 9.80 Å². The number of aliphatic hydroxyl groups is 2. The molecule has 2 atom stereocenters. The van der Waals surface area contributed by atoms with E-state index < -0.39 is 41.8 Å². The summed E-state index contributed by atoms with van der Waals surface area (Å²) in [6.45, 7) is 21.6. The molecule has 0 radical (unpaired) electrons. The molecule has 0 aliphatic carbocycles. The summed E-state index contributed by atoms with van der Waals surface area (Å²) < 4.78 is 13.0. The number of hydrogen-bond acceptors (Lipinski definition) is 8. The van der Waals surface area contributed by atoms with Gasteiger partial charge in [-0.3, -0.25) is 19.4 Å². The highest BCUT2D eigenvalue weighted by molar-refractivity contribution is 6.01. The second kappa shape index (κ2) is 14.8. The summed E-state index contributed by atoms with van der Waals surface area (Å²) in [5, 5.41) is 20.6. The van der Waals surface area contributed by atoms with Gasteiger partial charge in [0, 0.05) is 60.9 Å². The lowest BCUT2D eigenvalue weighted by Gasteiger charge is -2.55. The summed E-state index contributed by atoms with van der Waals surface area (Å²) in [4.78, 5) is 34.5. The van der Waals surface area contributed by atoms with E-state index in [9.17, 15) is 19.8 Å². The summed E-state index contributed by atoms with van der Waals surface area (Å²) in [6.07, 6.45) is 0.717. The minimum atomic E-state index is -1.63. The number of esters is 2. The maximum Gasteiger partial charge on any atom is 0.324 e. The van der Waals surface area contributed by atoms with Crippen molar-refractivity contribution >= 4 is 11.9 Å². The van der Waals surface area contributed by atoms with Crippen LogP contribution in [-0.4, -0.2) is 91.6 Å². The molecular weight excluding hydrogens is 616 g/mol. The number of ether oxygens (including phenoxy) is 2. The fraction of sp³-hybridized carbons (Fsp3) is 0.659. The number of benzene rings is 2. The Labute approximate surface area is 295 Å². The Balaban J connectivity index is 1.73. The Morgan fingerprint density at radius 2 is 0.918 bits per heavy atom. The maximum absolute atomic E-state index is 14.9. The van der Waals surface area contributed by atoms with Gasteiger partial charge in [0.05, 0.1) is 12.2 Å². The third-order valence-electron chi connectivity index (χ3n) is 10.8. The van der Waals surface area contributed by atoms with Crippen molar-refractivity contribution in [3.63, 3.8) is 0 Å². The van der Waals surface area contributed by atoms with E-state index in [4.69, 9.17) is 9.47 Å². The minimum absolute atomic E-state index is 0.141. The fourth-order valence-electron chi connectivity index (χ4n) is 8.99. The number of piperidine rings is 2. The molecule has 2 N–H and O–H groups in total. The second-order valence-electron chi connectivity index (χ2n) is 17.4. The molecule has 0 bridgehead atoms. The average Bonchev–Trinajstić information content (AvgIpc) is 2.96. The normalized spacial score (nSPS) is 22.6. The van der Waals surface area contributed by atoms with Crippen molar-refractivity contribution in [3.05, 3.63) is 71.8 Å². The van der Waals surface area contributed by atoms with Crippen LogP contribution in [0.4, 0.5) is 0 Å². The van der Waals surface area contributed by atoms with Gasteiger partial charge in [-0.15, -0.1) is 0 Å². The molecule has 0 aromatic heterocycles. The largest absolute Gasteiger partial charge is 0.461 e. The fourth-order valence-corrected chi connectivity index (χ4v) is 8.99. The summed E-state index contributed by atoms with van der Waals surface area (Å²) in [5.74, 6) is -1.12. The molecule has 0 saturated carbocycles. The molecule has 2 aromatic carbocycles. The van der Waals surface area contributed by atoms with Crippen molar-refractivity contribution in [1.29, 1.82) is 0 Å². The maximum atomic E-state index is 14.9. The first-order chi connectivity index (χ1) is 22.7. The Hall–Kier alpha value is -2.78. The second-order valence-corrected chi connectivity index (χ2v) is 17.4. The zero-order valence-corrected chi connectivity index (χ0v) is 31.7. The molecule has 272 valence electrons. The van der Waals surface area contributed by atoms with Crippen molar-refractivity contribution in [3.8, 4) is 0 Å². The van der Waals surface area contributed by atoms with Gasteiger partial charge in [-0.2, -0.15) is 0 Å². The number of hydrogen-bond donors (Lipinski definition) is 2. The van der Waals surface area contributed by atoms with Crippen molar-refractivity contribution in [2.75, 3.05) is 13.1 Å². The summed E-state index contributed by atoms with van der Waals surface area (Å²) in [7, 11) is 0. The SMILES string of the molecule is CC(O)CN1C(C)(C)CC(OC(=O)C(Cc2ccccc2)(Cc2ccccc2)C(=O)OC2CC(C)(C)N(CC(C)O)C(C)(C)C2)CC1(C)C. The lowest BCUT2D eigenvalue weighted by Crippen LogP contribution is -2.64. The Kier molecular flexibility index (Phi) is 11.8. The average molecular weight is 679 g/mol. The predicted octanol–water partition coefficient (Wildman–Crippen LogP) is 6.35. The first-order valence-electron chi connectivity index (χ1n) is 18.1. The number of β-amino-alcohol motifs (C(OH)–C–C–N with tert-alkyl or cyclic N) is 2. The minimum Gasteiger partial charge on any atom is -0.461 e. The van der Waals surface area contributed by atoms with E-state index in [1.807, 2.05) is 60.7 Å². The van der Waals surface area contributed by atoms with Gasteiger partial charge in [-0.05, 0) is 93.2 Å². The van der Waals surface area contributed by atoms with Crippen LogP contribution in [0.3, 0.4) is 0 Å². The van der Waals surface area contributed by atoms with Crippen LogP contribution in [0, 0.1) is 5.41 Å². The van der Waals surface area contributed by atoms with E-state index in [1.165, 1.54) is 0 Å². The van der Waals surface area contributed by atoms with Gasteiger partial charge in [-0.1, -0.05) is 60.7 Å². The van der Waals surface area contributed by atoms with Crippen molar-refractivity contribution < 1.29 is 29.3 Å². The highest BCUT2D eigenvalue weighted by atomic mass is 16.6. The Morgan fingerprint density at radius 1 is 0.633 bits per heavy atom. The zero-order chi connectivity index (χ0) is 36.4. The standard InChI is InChI=1S/C41H62N2O6/c1-29(44)27-42-37(3,4)23-33(24-38(42,5)6)48-35(46)41(21-31-17-13-11-14-18-31,22-32-19-15-12-16-20-32)36(47)49-34-25-39(7,8)43(28-30(2)45)40(9,10)26-34/h11-20,29-30,33-34,44-45H,21-28H2,1-10H3. The molecule has 2 aromatic rings. The van der Waals surface area contributed by atoms with E-state index >= 15 is 0 Å². The first-order valence-corrected chi connectivity index (χ1v) is 18.1. The van der Waals surface area contributed by atoms with Crippen LogP contribution in [-0.2, 0) is 31.9 Å². The van der Waals surface area contributed by atoms with E-state index in [2.05, 4.69) is 65.2 Å². The topological polar surface area (TPSA) is 99.5 Å². The zero-order valence-electron chi connectivity index (χ0n) is 31.7. The van der Waals surface area contributed by atoms with Gasteiger partial charge in [0.15, 0.2) is 5.41 Å². The third-order valence-corrected chi connectivity index (χ3v) is 10.8. The first kappa shape index (κ1) is 39.0. The van der Waals surface area contributed by atoms with E-state index in [0.29, 0.717) is 38.8 Å². The van der Waals surface area contributed by atoms with Crippen LogP contribution in [0.15, 0.2) is 60.7 Å². The molecule has 0 amide bonds. The lowest BCUT2D eigenvalue weighted by atomic mass is 9.74. The van der Waals surface area contributed by atoms with Gasteiger partial charge in [0.25, 0.3) is 0 Å². The molecule has 8 heteroatoms. The molecule has 2 unspecified atom stereocenters. The molecule has 2 aliphatic heterocycles. The van der Waals surface area contributed by atoms with Gasteiger partial charge in [-0.25, -0.2) is 0 Å². The highest BCUT2D eigenvalue weighted by Crippen LogP contribution is 2.43. The smallest absolute Gasteiger partial charge is 0.324 e. The molecular formula is C41H62N2O6. The van der Waals surface area contributed by atoms with Crippen molar-refractivity contribution in [2.24, 2.45) is 5.41 Å². The van der Waals surface area contributed by atoms with E-state index in [1.54, 1.807) is 13.8 Å². The van der Waals surface area contributed by atoms with Gasteiger partial charge in [0.1, 0.15) is 12.2 Å². The molecule has 2 fully saturated rings. The van der Waals surface area contributed by atoms with E-state index in [0.717, 1.165) is 11.1 Å².